The molecule has 0 saturated heterocycles. The number of methoxy groups -OCH3 is 4. The Balaban J connectivity index is 1.17. The second-order valence-electron chi connectivity index (χ2n) is 9.13. The number of rotatable bonds is 17. The van der Waals surface area contributed by atoms with Crippen LogP contribution in [0.15, 0.2) is 42.5 Å². The summed E-state index contributed by atoms with van der Waals surface area (Å²) >= 11 is 4.59. The van der Waals surface area contributed by atoms with Crippen LogP contribution in [-0.4, -0.2) is 72.0 Å². The number of ketones is 1. The lowest BCUT2D eigenvalue weighted by atomic mass is 10.1. The summed E-state index contributed by atoms with van der Waals surface area (Å²) in [6, 6.07) is 12.7. The molecule has 2 heterocycles. The van der Waals surface area contributed by atoms with E-state index in [1.54, 1.807) is 51.3 Å². The third-order valence-corrected chi connectivity index (χ3v) is 9.08. The van der Waals surface area contributed by atoms with Crippen LogP contribution in [0.4, 0.5) is 5.13 Å². The highest BCUT2D eigenvalue weighted by atomic mass is 32.2. The fourth-order valence-electron chi connectivity index (χ4n) is 4.19. The van der Waals surface area contributed by atoms with E-state index in [0.29, 0.717) is 33.0 Å². The van der Waals surface area contributed by atoms with Gasteiger partial charge in [0.05, 0.1) is 27.8 Å². The average Bonchev–Trinajstić information content (AvgIpc) is 3.66. The summed E-state index contributed by atoms with van der Waals surface area (Å²) < 4.78 is 21.4. The minimum atomic E-state index is -0.798. The summed E-state index contributed by atoms with van der Waals surface area (Å²) in [6.45, 7) is 0. The Kier molecular flexibility index (Phi) is 12.3. The summed E-state index contributed by atoms with van der Waals surface area (Å²) in [5, 5.41) is 22.4. The molecule has 2 aromatic heterocycles. The Labute approximate surface area is 262 Å². The van der Waals surface area contributed by atoms with Crippen molar-refractivity contribution in [2.45, 2.75) is 31.8 Å². The van der Waals surface area contributed by atoms with Gasteiger partial charge in [0.25, 0.3) is 5.91 Å². The zero-order valence-corrected chi connectivity index (χ0v) is 26.8. The molecule has 0 radical (unpaired) electrons. The van der Waals surface area contributed by atoms with Gasteiger partial charge in [0.1, 0.15) is 26.6 Å². The number of anilines is 1. The smallest absolute Gasteiger partial charge is 0.259 e. The van der Waals surface area contributed by atoms with E-state index in [4.69, 9.17) is 18.9 Å². The van der Waals surface area contributed by atoms with Crippen molar-refractivity contribution in [3.8, 4) is 17.2 Å². The van der Waals surface area contributed by atoms with Gasteiger partial charge in [0.15, 0.2) is 17.6 Å². The van der Waals surface area contributed by atoms with Gasteiger partial charge in [-0.1, -0.05) is 35.6 Å². The highest BCUT2D eigenvalue weighted by molar-refractivity contribution is 7.99. The second-order valence-corrected chi connectivity index (χ2v) is 12.6. The molecule has 0 spiro atoms. The first-order valence-electron chi connectivity index (χ1n) is 13.3. The molecule has 4 aromatic rings. The van der Waals surface area contributed by atoms with Crippen LogP contribution < -0.4 is 19.5 Å². The molecule has 0 fully saturated rings. The Morgan fingerprint density at radius 1 is 0.837 bits per heavy atom. The monoisotopic (exact) mass is 643 g/mol. The quantitative estimate of drug-likeness (QED) is 0.162. The lowest BCUT2D eigenvalue weighted by molar-refractivity contribution is -0.126. The van der Waals surface area contributed by atoms with Crippen LogP contribution in [0.5, 0.6) is 17.2 Å². The van der Waals surface area contributed by atoms with Crippen LogP contribution >= 0.6 is 34.4 Å². The van der Waals surface area contributed by atoms with Crippen molar-refractivity contribution in [3.05, 3.63) is 68.6 Å². The molecule has 1 amide bonds. The van der Waals surface area contributed by atoms with Gasteiger partial charge in [0.2, 0.25) is 5.13 Å². The number of ether oxygens (including phenoxy) is 4. The number of carbonyl (C=O) groups excluding carboxylic acids is 2. The highest BCUT2D eigenvalue weighted by Gasteiger charge is 2.22. The number of nitrogens with zero attached hydrogens (tertiary/aromatic N) is 4. The maximum absolute atomic E-state index is 12.8. The molecule has 228 valence electrons. The predicted molar refractivity (Wildman–Crippen MR) is 168 cm³/mol. The largest absolute Gasteiger partial charge is 0.497 e. The lowest BCUT2D eigenvalue weighted by Gasteiger charge is -2.15. The van der Waals surface area contributed by atoms with Crippen molar-refractivity contribution < 1.29 is 28.5 Å². The van der Waals surface area contributed by atoms with E-state index < -0.39 is 6.10 Å². The van der Waals surface area contributed by atoms with Crippen molar-refractivity contribution in [2.24, 2.45) is 0 Å². The molecule has 1 atom stereocenters. The van der Waals surface area contributed by atoms with Crippen molar-refractivity contribution in [1.82, 2.24) is 20.4 Å². The molecule has 1 N–H and O–H groups in total. The van der Waals surface area contributed by atoms with Crippen molar-refractivity contribution in [3.63, 3.8) is 0 Å². The Morgan fingerprint density at radius 2 is 1.56 bits per heavy atom. The highest BCUT2D eigenvalue weighted by Crippen LogP contribution is 2.31. The van der Waals surface area contributed by atoms with Crippen LogP contribution in [0, 0.1) is 0 Å². The number of hydrogen-bond acceptors (Lipinski definition) is 13. The third-order valence-electron chi connectivity index (χ3n) is 6.22. The standard InChI is InChI=1S/C29H33N5O6S3/c1-37-21-9-5-7-19(16-21)27(40-4)28(36)30-29-34-32-24(43-29)12-14-41-13-11-23-31-33-25(42-23)17-20(35)15-18-8-6-10-22(38-2)26(18)39-3/h5-10,16,27H,11-15,17H2,1-4H3,(H,30,34,36). The first-order chi connectivity index (χ1) is 20.9. The van der Waals surface area contributed by atoms with E-state index in [9.17, 15) is 9.59 Å². The zero-order valence-electron chi connectivity index (χ0n) is 24.3. The minimum absolute atomic E-state index is 0.0364. The van der Waals surface area contributed by atoms with Gasteiger partial charge < -0.3 is 18.9 Å². The summed E-state index contributed by atoms with van der Waals surface area (Å²) in [7, 11) is 6.19. The van der Waals surface area contributed by atoms with Gasteiger partial charge >= 0.3 is 0 Å². The second kappa shape index (κ2) is 16.3. The molecule has 0 bridgehead atoms. The van der Waals surface area contributed by atoms with Gasteiger partial charge in [-0.25, -0.2) is 0 Å². The van der Waals surface area contributed by atoms with E-state index >= 15 is 0 Å². The number of carbonyl (C=O) groups is 2. The number of para-hydroxylation sites is 1. The molecule has 43 heavy (non-hydrogen) atoms. The van der Waals surface area contributed by atoms with Gasteiger partial charge in [-0.2, -0.15) is 11.8 Å². The van der Waals surface area contributed by atoms with Gasteiger partial charge in [-0.15, -0.1) is 31.7 Å². The average molecular weight is 644 g/mol. The van der Waals surface area contributed by atoms with Gasteiger partial charge in [-0.3, -0.25) is 14.9 Å². The normalized spacial score (nSPS) is 11.6. The summed E-state index contributed by atoms with van der Waals surface area (Å²) in [6.07, 6.45) is 1.16. The first-order valence-corrected chi connectivity index (χ1v) is 16.1. The van der Waals surface area contributed by atoms with Crippen LogP contribution in [0.25, 0.3) is 0 Å². The van der Waals surface area contributed by atoms with E-state index in [1.165, 1.54) is 29.8 Å². The Bertz CT molecular complexity index is 1510. The lowest BCUT2D eigenvalue weighted by Crippen LogP contribution is -2.22. The molecule has 0 aliphatic heterocycles. The molecular weight excluding hydrogens is 611 g/mol. The number of thioether (sulfide) groups is 1. The topological polar surface area (TPSA) is 135 Å². The Hall–Kier alpha value is -3.59. The van der Waals surface area contributed by atoms with Crippen LogP contribution in [0.2, 0.25) is 0 Å². The number of aromatic nitrogens is 4. The van der Waals surface area contributed by atoms with Crippen LogP contribution in [0.1, 0.15) is 32.3 Å². The van der Waals surface area contributed by atoms with Crippen LogP contribution in [0.3, 0.4) is 0 Å². The molecule has 14 heteroatoms. The maximum Gasteiger partial charge on any atom is 0.259 e. The fourth-order valence-corrected chi connectivity index (χ4v) is 6.95. The summed E-state index contributed by atoms with van der Waals surface area (Å²) in [5.41, 5.74) is 1.47. The van der Waals surface area contributed by atoms with Crippen molar-refractivity contribution >= 4 is 51.3 Å². The fraction of sp³-hybridized carbons (Fsp3) is 0.379. The number of hydrogen-bond donors (Lipinski definition) is 1. The molecular formula is C29H33N5O6S3. The minimum Gasteiger partial charge on any atom is -0.497 e. The maximum atomic E-state index is 12.8. The summed E-state index contributed by atoms with van der Waals surface area (Å²) in [5.74, 6) is 3.24. The number of Topliss-reactive ketones (excluding diaryl/α,β-unsaturated/α-hetero) is 1. The van der Waals surface area contributed by atoms with Gasteiger partial charge in [0, 0.05) is 31.9 Å². The molecule has 0 aliphatic rings. The van der Waals surface area contributed by atoms with Crippen molar-refractivity contribution in [2.75, 3.05) is 45.3 Å². The van der Waals surface area contributed by atoms with E-state index in [1.807, 2.05) is 24.3 Å². The molecule has 0 saturated carbocycles. The molecule has 0 aliphatic carbocycles. The SMILES string of the molecule is COc1cccc(C(OC)C(=O)Nc2nnc(CCSCCc3nnc(CC(=O)Cc4cccc(OC)c4OC)s3)s2)c1. The van der Waals surface area contributed by atoms with E-state index in [2.05, 4.69) is 25.7 Å². The Morgan fingerprint density at radius 3 is 2.28 bits per heavy atom. The predicted octanol–water partition coefficient (Wildman–Crippen LogP) is 4.61. The number of amides is 1. The van der Waals surface area contributed by atoms with Gasteiger partial charge in [-0.05, 0) is 35.3 Å². The number of aryl methyl sites for hydroxylation is 2. The molecule has 4 rings (SSSR count). The van der Waals surface area contributed by atoms with E-state index in [-0.39, 0.29) is 24.5 Å². The van der Waals surface area contributed by atoms with Crippen molar-refractivity contribution in [1.29, 1.82) is 0 Å². The number of benzene rings is 2. The first kappa shape index (κ1) is 32.3. The third kappa shape index (κ3) is 9.20. The molecule has 1 unspecified atom stereocenters. The molecule has 11 nitrogen and oxygen atoms in total. The molecule has 2 aromatic carbocycles. The zero-order chi connectivity index (χ0) is 30.6. The van der Waals surface area contributed by atoms with Crippen LogP contribution in [-0.2, 0) is 40.0 Å². The number of nitrogens with one attached hydrogen (secondary N) is 1. The summed E-state index contributed by atoms with van der Waals surface area (Å²) in [4.78, 5) is 25.5. The van der Waals surface area contributed by atoms with E-state index in [0.717, 1.165) is 39.9 Å².